The van der Waals surface area contributed by atoms with Crippen LogP contribution in [0.2, 0.25) is 0 Å². The Labute approximate surface area is 126 Å². The molecule has 0 radical (unpaired) electrons. The number of thiophene rings is 1. The van der Waals surface area contributed by atoms with E-state index in [2.05, 4.69) is 10.7 Å². The van der Waals surface area contributed by atoms with Gasteiger partial charge in [-0.3, -0.25) is 0 Å². The zero-order chi connectivity index (χ0) is 15.2. The molecule has 1 atom stereocenters. The van der Waals surface area contributed by atoms with Crippen LogP contribution in [-0.4, -0.2) is 6.54 Å². The lowest BCUT2D eigenvalue weighted by Crippen LogP contribution is -2.23. The van der Waals surface area contributed by atoms with Gasteiger partial charge in [0.25, 0.3) is 0 Å². The highest BCUT2D eigenvalue weighted by Gasteiger charge is 2.17. The molecule has 2 aromatic rings. The largest absolute Gasteiger partial charge is 0.310 e. The molecule has 1 nitrogen and oxygen atoms in total. The smallest absolute Gasteiger partial charge is 0.194 e. The Kier molecular flexibility index (Phi) is 5.82. The standard InChI is InChI=1S/C16H18F3NS/c1-2-6-20-15(4-3-11-5-7-21-10-11)12-8-13(17)16(19)14(18)9-12/h5,7-10,15,20H,2-4,6H2,1H3. The number of rotatable bonds is 7. The summed E-state index contributed by atoms with van der Waals surface area (Å²) in [5.74, 6) is -3.68. The lowest BCUT2D eigenvalue weighted by molar-refractivity contribution is 0.435. The van der Waals surface area contributed by atoms with Crippen molar-refractivity contribution in [1.82, 2.24) is 5.32 Å². The lowest BCUT2D eigenvalue weighted by Gasteiger charge is -2.19. The molecule has 0 saturated carbocycles. The Bertz CT molecular complexity index is 546. The molecule has 1 aromatic carbocycles. The molecule has 114 valence electrons. The Balaban J connectivity index is 2.14. The van der Waals surface area contributed by atoms with Gasteiger partial charge >= 0.3 is 0 Å². The van der Waals surface area contributed by atoms with Gasteiger partial charge in [-0.1, -0.05) is 6.92 Å². The predicted molar refractivity (Wildman–Crippen MR) is 80.0 cm³/mol. The SMILES string of the molecule is CCCNC(CCc1ccsc1)c1cc(F)c(F)c(F)c1. The summed E-state index contributed by atoms with van der Waals surface area (Å²) in [6.45, 7) is 2.77. The highest BCUT2D eigenvalue weighted by molar-refractivity contribution is 7.07. The Morgan fingerprint density at radius 2 is 1.90 bits per heavy atom. The van der Waals surface area contributed by atoms with Gasteiger partial charge in [0, 0.05) is 6.04 Å². The number of benzene rings is 1. The van der Waals surface area contributed by atoms with Crippen LogP contribution in [0.5, 0.6) is 0 Å². The molecule has 1 N–H and O–H groups in total. The number of nitrogens with one attached hydrogen (secondary N) is 1. The number of aryl methyl sites for hydroxylation is 1. The van der Waals surface area contributed by atoms with E-state index in [-0.39, 0.29) is 6.04 Å². The Morgan fingerprint density at radius 1 is 1.19 bits per heavy atom. The second kappa shape index (κ2) is 7.61. The first-order valence-corrected chi connectivity index (χ1v) is 7.95. The fourth-order valence-corrected chi connectivity index (χ4v) is 2.93. The Morgan fingerprint density at radius 3 is 2.48 bits per heavy atom. The van der Waals surface area contributed by atoms with Crippen LogP contribution in [-0.2, 0) is 6.42 Å². The van der Waals surface area contributed by atoms with Gasteiger partial charge in [-0.05, 0) is 65.9 Å². The molecule has 0 saturated heterocycles. The van der Waals surface area contributed by atoms with Crippen molar-refractivity contribution in [3.8, 4) is 0 Å². The predicted octanol–water partition coefficient (Wildman–Crippen LogP) is 4.84. The normalized spacial score (nSPS) is 12.6. The Hall–Kier alpha value is -1.33. The molecule has 2 rings (SSSR count). The minimum atomic E-state index is -1.41. The van der Waals surface area contributed by atoms with E-state index in [1.165, 1.54) is 5.56 Å². The van der Waals surface area contributed by atoms with E-state index >= 15 is 0 Å². The summed E-state index contributed by atoms with van der Waals surface area (Å²) in [6.07, 6.45) is 2.44. The second-order valence-corrected chi connectivity index (χ2v) is 5.76. The number of hydrogen-bond acceptors (Lipinski definition) is 2. The maximum absolute atomic E-state index is 13.4. The van der Waals surface area contributed by atoms with Crippen molar-refractivity contribution in [3.63, 3.8) is 0 Å². The first-order valence-electron chi connectivity index (χ1n) is 7.00. The molecule has 5 heteroatoms. The van der Waals surface area contributed by atoms with Crippen LogP contribution in [0.3, 0.4) is 0 Å². The van der Waals surface area contributed by atoms with E-state index in [9.17, 15) is 13.2 Å². The van der Waals surface area contributed by atoms with Crippen molar-refractivity contribution in [1.29, 1.82) is 0 Å². The van der Waals surface area contributed by atoms with Crippen LogP contribution in [0.25, 0.3) is 0 Å². The molecule has 0 aliphatic rings. The third-order valence-corrected chi connectivity index (χ3v) is 4.08. The van der Waals surface area contributed by atoms with E-state index in [0.29, 0.717) is 12.0 Å². The van der Waals surface area contributed by atoms with Crippen LogP contribution in [0.4, 0.5) is 13.2 Å². The van der Waals surface area contributed by atoms with Crippen molar-refractivity contribution in [2.45, 2.75) is 32.2 Å². The third-order valence-electron chi connectivity index (χ3n) is 3.35. The number of halogens is 3. The summed E-state index contributed by atoms with van der Waals surface area (Å²) in [4.78, 5) is 0. The van der Waals surface area contributed by atoms with E-state index < -0.39 is 17.5 Å². The molecule has 0 spiro atoms. The van der Waals surface area contributed by atoms with Gasteiger partial charge in [0.15, 0.2) is 17.5 Å². The van der Waals surface area contributed by atoms with Gasteiger partial charge in [-0.15, -0.1) is 0 Å². The summed E-state index contributed by atoms with van der Waals surface area (Å²) in [6, 6.07) is 4.01. The molecule has 0 aliphatic carbocycles. The fourth-order valence-electron chi connectivity index (χ4n) is 2.23. The monoisotopic (exact) mass is 313 g/mol. The third kappa shape index (κ3) is 4.32. The maximum Gasteiger partial charge on any atom is 0.194 e. The van der Waals surface area contributed by atoms with E-state index in [0.717, 1.165) is 31.5 Å². The van der Waals surface area contributed by atoms with Gasteiger partial charge in [-0.25, -0.2) is 13.2 Å². The zero-order valence-corrected chi connectivity index (χ0v) is 12.7. The molecule has 0 amide bonds. The molecule has 21 heavy (non-hydrogen) atoms. The van der Waals surface area contributed by atoms with Crippen molar-refractivity contribution < 1.29 is 13.2 Å². The van der Waals surface area contributed by atoms with Gasteiger partial charge in [0.05, 0.1) is 0 Å². The van der Waals surface area contributed by atoms with Crippen molar-refractivity contribution in [3.05, 3.63) is 57.5 Å². The molecule has 0 aliphatic heterocycles. The van der Waals surface area contributed by atoms with Gasteiger partial charge in [0.1, 0.15) is 0 Å². The second-order valence-electron chi connectivity index (χ2n) is 4.98. The van der Waals surface area contributed by atoms with Crippen molar-refractivity contribution in [2.75, 3.05) is 6.54 Å². The van der Waals surface area contributed by atoms with Gasteiger partial charge < -0.3 is 5.32 Å². The minimum absolute atomic E-state index is 0.186. The molecule has 1 heterocycles. The van der Waals surface area contributed by atoms with Crippen molar-refractivity contribution >= 4 is 11.3 Å². The molecule has 0 fully saturated rings. The van der Waals surface area contributed by atoms with Crippen LogP contribution in [0, 0.1) is 17.5 Å². The quantitative estimate of drug-likeness (QED) is 0.721. The van der Waals surface area contributed by atoms with Crippen LogP contribution in [0.1, 0.15) is 36.9 Å². The fraction of sp³-hybridized carbons (Fsp3) is 0.375. The average molecular weight is 313 g/mol. The first kappa shape index (κ1) is 16.0. The van der Waals surface area contributed by atoms with Gasteiger partial charge in [-0.2, -0.15) is 11.3 Å². The van der Waals surface area contributed by atoms with Crippen molar-refractivity contribution in [2.24, 2.45) is 0 Å². The summed E-state index contributed by atoms with van der Waals surface area (Å²) in [7, 11) is 0. The van der Waals surface area contributed by atoms with Crippen LogP contribution < -0.4 is 5.32 Å². The summed E-state index contributed by atoms with van der Waals surface area (Å²) >= 11 is 1.62. The average Bonchev–Trinajstić information content (AvgIpc) is 2.97. The molecule has 0 bridgehead atoms. The molecule has 1 unspecified atom stereocenters. The van der Waals surface area contributed by atoms with Gasteiger partial charge in [0.2, 0.25) is 0 Å². The molecule has 1 aromatic heterocycles. The first-order chi connectivity index (χ1) is 10.1. The van der Waals surface area contributed by atoms with E-state index in [4.69, 9.17) is 0 Å². The lowest BCUT2D eigenvalue weighted by atomic mass is 9.99. The maximum atomic E-state index is 13.4. The molecular formula is C16H18F3NS. The highest BCUT2D eigenvalue weighted by Crippen LogP contribution is 2.24. The minimum Gasteiger partial charge on any atom is -0.310 e. The van der Waals surface area contributed by atoms with E-state index in [1.54, 1.807) is 11.3 Å². The summed E-state index contributed by atoms with van der Waals surface area (Å²) in [5, 5.41) is 7.33. The number of hydrogen-bond donors (Lipinski definition) is 1. The van der Waals surface area contributed by atoms with Crippen LogP contribution >= 0.6 is 11.3 Å². The molecular weight excluding hydrogens is 295 g/mol. The zero-order valence-electron chi connectivity index (χ0n) is 11.8. The summed E-state index contributed by atoms with van der Waals surface area (Å²) in [5.41, 5.74) is 1.65. The van der Waals surface area contributed by atoms with Crippen LogP contribution in [0.15, 0.2) is 29.0 Å². The topological polar surface area (TPSA) is 12.0 Å². The van der Waals surface area contributed by atoms with E-state index in [1.807, 2.05) is 18.4 Å². The summed E-state index contributed by atoms with van der Waals surface area (Å²) < 4.78 is 39.9. The highest BCUT2D eigenvalue weighted by atomic mass is 32.1.